The Balaban J connectivity index is 0.000000908. The van der Waals surface area contributed by atoms with E-state index in [-0.39, 0.29) is 24.2 Å². The molecule has 1 saturated carbocycles. The van der Waals surface area contributed by atoms with E-state index in [9.17, 15) is 27.6 Å². The molecule has 2 aromatic carbocycles. The molecule has 56 heavy (non-hydrogen) atoms. The maximum Gasteiger partial charge on any atom is 0.490 e. The van der Waals surface area contributed by atoms with E-state index in [4.69, 9.17) is 25.1 Å². The number of pyridine rings is 1. The number of nitrogens with one attached hydrogen (secondary N) is 2. The number of carbonyl (C=O) groups is 4. The van der Waals surface area contributed by atoms with Gasteiger partial charge in [-0.05, 0) is 106 Å². The molecule has 1 aliphatic carbocycles. The smallest absolute Gasteiger partial charge is 0.481 e. The number of carbonyl (C=O) groups excluding carboxylic acids is 3. The molecule has 18 heteroatoms. The number of primary amides is 1. The minimum atomic E-state index is -5.08. The van der Waals surface area contributed by atoms with E-state index in [0.29, 0.717) is 42.3 Å². The number of hydrogen-bond donors (Lipinski definition) is 4. The molecule has 1 aliphatic rings. The van der Waals surface area contributed by atoms with Crippen LogP contribution >= 0.6 is 0 Å². The molecule has 0 saturated heterocycles. The van der Waals surface area contributed by atoms with Crippen molar-refractivity contribution in [2.24, 2.45) is 17.6 Å². The summed E-state index contributed by atoms with van der Waals surface area (Å²) in [6, 6.07) is 17.8. The van der Waals surface area contributed by atoms with E-state index in [1.807, 2.05) is 64.1 Å². The van der Waals surface area contributed by atoms with Crippen LogP contribution in [0.4, 0.5) is 23.7 Å². The standard InChI is InChI=1S/C36H44N8O5.C2HF3O2/c1-22-29(18-19-31(39-22)48-5)25-10-6-23(7-11-25)20-30(32(37)45)44(28-16-14-26(15-17-28)33-40-42-43-41-33)34(46)27-12-8-24(9-13-27)21-38-35(47)49-36(2,3)4;3-2(4,5)1(6)7/h6-7,10-11,14-19,24,27,30H,8-9,12-13,20-21H2,1-5H3,(H2,37,45)(H,38,47)(H,40,41,42,43);(H,6,7)/t24?,27?,30-;/m0./s1. The molecule has 5 N–H and O–H groups in total. The molecule has 4 aromatic rings. The second-order valence-corrected chi connectivity index (χ2v) is 14.2. The highest BCUT2D eigenvalue weighted by molar-refractivity contribution is 6.01. The van der Waals surface area contributed by atoms with Gasteiger partial charge in [0.2, 0.25) is 23.5 Å². The Kier molecular flexibility index (Phi) is 14.1. The first-order valence-corrected chi connectivity index (χ1v) is 17.7. The molecule has 0 radical (unpaired) electrons. The molecule has 0 bridgehead atoms. The van der Waals surface area contributed by atoms with E-state index in [0.717, 1.165) is 35.2 Å². The number of nitrogens with two attached hydrogens (primary N) is 1. The minimum absolute atomic E-state index is 0.161. The SMILES string of the molecule is COc1ccc(-c2ccc(C[C@@H](C(N)=O)N(C(=O)C3CCC(CNC(=O)OC(C)(C)C)CC3)c3ccc(-c4nn[nH]n4)cc3)cc2)c(C)n1.O=C(O)C(F)(F)F. The van der Waals surface area contributed by atoms with Gasteiger partial charge in [-0.1, -0.05) is 24.3 Å². The third-order valence-corrected chi connectivity index (χ3v) is 8.96. The number of H-pyrrole nitrogens is 1. The number of halogens is 3. The van der Waals surface area contributed by atoms with E-state index >= 15 is 0 Å². The number of carboxylic acids is 1. The molecule has 0 spiro atoms. The molecule has 2 heterocycles. The first-order valence-electron chi connectivity index (χ1n) is 17.7. The second kappa shape index (κ2) is 18.5. The number of carboxylic acid groups (broad SMARTS) is 1. The molecule has 3 amide bonds. The molecule has 1 atom stereocenters. The minimum Gasteiger partial charge on any atom is -0.481 e. The summed E-state index contributed by atoms with van der Waals surface area (Å²) in [6.45, 7) is 7.87. The summed E-state index contributed by atoms with van der Waals surface area (Å²) in [5.74, 6) is -2.66. The van der Waals surface area contributed by atoms with Crippen molar-refractivity contribution >= 4 is 29.6 Å². The van der Waals surface area contributed by atoms with Gasteiger partial charge in [-0.3, -0.25) is 14.5 Å². The number of nitrogens with zero attached hydrogens (tertiary/aromatic N) is 5. The summed E-state index contributed by atoms with van der Waals surface area (Å²) in [5, 5.41) is 24.1. The van der Waals surface area contributed by atoms with Crippen LogP contribution in [-0.2, 0) is 25.5 Å². The number of benzene rings is 2. The van der Waals surface area contributed by atoms with Gasteiger partial charge in [0.25, 0.3) is 0 Å². The summed E-state index contributed by atoms with van der Waals surface area (Å²) in [4.78, 5) is 54.7. The van der Waals surface area contributed by atoms with Crippen molar-refractivity contribution in [1.29, 1.82) is 0 Å². The Labute approximate surface area is 321 Å². The number of rotatable bonds is 11. The van der Waals surface area contributed by atoms with Gasteiger partial charge in [-0.15, -0.1) is 10.2 Å². The summed E-state index contributed by atoms with van der Waals surface area (Å²) >= 11 is 0. The molecule has 0 unspecified atom stereocenters. The number of alkyl halides is 3. The molecule has 2 aromatic heterocycles. The number of alkyl carbamates (subject to hydrolysis) is 1. The Hall–Kier alpha value is -6.07. The first-order chi connectivity index (χ1) is 26.4. The lowest BCUT2D eigenvalue weighted by atomic mass is 9.81. The number of aromatic nitrogens is 5. The summed E-state index contributed by atoms with van der Waals surface area (Å²) in [7, 11) is 1.58. The fourth-order valence-corrected chi connectivity index (χ4v) is 6.19. The number of aryl methyl sites for hydroxylation is 1. The number of amides is 3. The second-order valence-electron chi connectivity index (χ2n) is 14.2. The molecular weight excluding hydrogens is 737 g/mol. The van der Waals surface area contributed by atoms with Crippen LogP contribution < -0.4 is 20.7 Å². The quantitative estimate of drug-likeness (QED) is 0.146. The van der Waals surface area contributed by atoms with Crippen molar-refractivity contribution in [1.82, 2.24) is 30.9 Å². The average molecular weight is 783 g/mol. The van der Waals surface area contributed by atoms with Crippen LogP contribution in [0.3, 0.4) is 0 Å². The Morgan fingerprint density at radius 3 is 2.07 bits per heavy atom. The van der Waals surface area contributed by atoms with Crippen molar-refractivity contribution in [2.45, 2.75) is 77.6 Å². The number of ether oxygens (including phenoxy) is 2. The third-order valence-electron chi connectivity index (χ3n) is 8.96. The predicted molar refractivity (Wildman–Crippen MR) is 198 cm³/mol. The summed E-state index contributed by atoms with van der Waals surface area (Å²) in [5.41, 5.74) is 10.4. The molecule has 0 aliphatic heterocycles. The number of aliphatic carboxylic acids is 1. The number of methoxy groups -OCH3 is 1. The van der Waals surface area contributed by atoms with Gasteiger partial charge in [0.15, 0.2) is 0 Å². The van der Waals surface area contributed by atoms with Gasteiger partial charge in [-0.25, -0.2) is 14.6 Å². The van der Waals surface area contributed by atoms with Crippen molar-refractivity contribution in [3.63, 3.8) is 0 Å². The fourth-order valence-electron chi connectivity index (χ4n) is 6.19. The van der Waals surface area contributed by atoms with E-state index in [1.165, 1.54) is 0 Å². The fraction of sp³-hybridized carbons (Fsp3) is 0.421. The average Bonchev–Trinajstić information content (AvgIpc) is 3.69. The predicted octanol–water partition coefficient (Wildman–Crippen LogP) is 5.64. The van der Waals surface area contributed by atoms with Gasteiger partial charge in [0, 0.05) is 47.5 Å². The zero-order valence-electron chi connectivity index (χ0n) is 31.6. The number of anilines is 1. The van der Waals surface area contributed by atoms with Crippen LogP contribution in [0.1, 0.15) is 57.7 Å². The molecule has 15 nitrogen and oxygen atoms in total. The van der Waals surface area contributed by atoms with Crippen molar-refractivity contribution in [3.8, 4) is 28.4 Å². The van der Waals surface area contributed by atoms with Crippen LogP contribution in [0.25, 0.3) is 22.5 Å². The Morgan fingerprint density at radius 2 is 1.57 bits per heavy atom. The lowest BCUT2D eigenvalue weighted by Crippen LogP contribution is -2.52. The Morgan fingerprint density at radius 1 is 0.964 bits per heavy atom. The zero-order chi connectivity index (χ0) is 41.2. The van der Waals surface area contributed by atoms with Gasteiger partial charge < -0.3 is 25.6 Å². The maximum atomic E-state index is 14.4. The number of tetrazole rings is 1. The van der Waals surface area contributed by atoms with Crippen LogP contribution in [0.2, 0.25) is 0 Å². The van der Waals surface area contributed by atoms with Gasteiger partial charge in [0.1, 0.15) is 11.6 Å². The highest BCUT2D eigenvalue weighted by atomic mass is 19.4. The molecule has 300 valence electrons. The topological polar surface area (TPSA) is 216 Å². The first kappa shape index (κ1) is 42.7. The van der Waals surface area contributed by atoms with Crippen LogP contribution in [0.15, 0.2) is 60.7 Å². The lowest BCUT2D eigenvalue weighted by molar-refractivity contribution is -0.192. The number of aromatic amines is 1. The summed E-state index contributed by atoms with van der Waals surface area (Å²) in [6.07, 6.45) is -2.57. The van der Waals surface area contributed by atoms with Crippen LogP contribution in [-0.4, -0.2) is 86.1 Å². The highest BCUT2D eigenvalue weighted by Gasteiger charge is 2.38. The normalized spacial score (nSPS) is 16.1. The molecule has 5 rings (SSSR count). The monoisotopic (exact) mass is 782 g/mol. The van der Waals surface area contributed by atoms with E-state index < -0.39 is 35.8 Å². The molecular formula is C38H45F3N8O7. The number of hydrogen-bond acceptors (Lipinski definition) is 10. The maximum absolute atomic E-state index is 14.4. The zero-order valence-corrected chi connectivity index (χ0v) is 31.6. The Bertz CT molecular complexity index is 1940. The van der Waals surface area contributed by atoms with E-state index in [2.05, 4.69) is 30.9 Å². The summed E-state index contributed by atoms with van der Waals surface area (Å²) < 4.78 is 42.3. The van der Waals surface area contributed by atoms with Crippen molar-refractivity contribution in [3.05, 3.63) is 71.9 Å². The van der Waals surface area contributed by atoms with Gasteiger partial charge in [0.05, 0.1) is 7.11 Å². The highest BCUT2D eigenvalue weighted by Crippen LogP contribution is 2.33. The van der Waals surface area contributed by atoms with Gasteiger partial charge >= 0.3 is 18.2 Å². The third kappa shape index (κ3) is 12.0. The largest absolute Gasteiger partial charge is 0.490 e. The van der Waals surface area contributed by atoms with E-state index in [1.54, 1.807) is 36.3 Å². The van der Waals surface area contributed by atoms with Crippen molar-refractivity contribution < 1.29 is 46.9 Å². The molecule has 1 fully saturated rings. The lowest BCUT2D eigenvalue weighted by Gasteiger charge is -2.36. The van der Waals surface area contributed by atoms with Crippen molar-refractivity contribution in [2.75, 3.05) is 18.6 Å². The van der Waals surface area contributed by atoms with Crippen LogP contribution in [0.5, 0.6) is 5.88 Å². The van der Waals surface area contributed by atoms with Crippen LogP contribution in [0, 0.1) is 18.8 Å². The van der Waals surface area contributed by atoms with Gasteiger partial charge in [-0.2, -0.15) is 18.4 Å².